The lowest BCUT2D eigenvalue weighted by atomic mass is 10.3. The lowest BCUT2D eigenvalue weighted by Gasteiger charge is -2.14. The number of nitrogens with one attached hydrogen (secondary N) is 1. The summed E-state index contributed by atoms with van der Waals surface area (Å²) in [4.78, 5) is 0. The van der Waals surface area contributed by atoms with Crippen molar-refractivity contribution >= 4 is 21.6 Å². The van der Waals surface area contributed by atoms with Crippen molar-refractivity contribution in [1.82, 2.24) is 5.32 Å². The van der Waals surface area contributed by atoms with Crippen LogP contribution in [0, 0.1) is 0 Å². The average molecular weight is 239 g/mol. The number of hydrogen-bond acceptors (Lipinski definition) is 4. The minimum absolute atomic E-state index is 0.281. The topological polar surface area (TPSA) is 46.2 Å². The maximum atomic E-state index is 10.8. The Morgan fingerprint density at radius 3 is 2.29 bits per heavy atom. The normalized spacial score (nSPS) is 14.6. The zero-order chi connectivity index (χ0) is 11.2. The summed E-state index contributed by atoms with van der Waals surface area (Å²) in [6.07, 6.45) is 1.28. The fourth-order valence-corrected chi connectivity index (χ4v) is 3.07. The Balaban J connectivity index is 3.50. The van der Waals surface area contributed by atoms with E-state index in [1.54, 1.807) is 11.8 Å². The van der Waals surface area contributed by atoms with Crippen LogP contribution in [0.15, 0.2) is 0 Å². The number of rotatable bonds is 7. The fourth-order valence-electron chi connectivity index (χ4n) is 0.861. The molecule has 5 heteroatoms. The molecule has 86 valence electrons. The summed E-state index contributed by atoms with van der Waals surface area (Å²) >= 11 is 1.70. The standard InChI is InChI=1S/C9H21NO2S2/c1-8(2)10-7-9(3)13-5-6-14(4,11)12/h8-10H,5-7H2,1-4H3. The molecule has 1 N–H and O–H groups in total. The molecule has 0 bridgehead atoms. The molecule has 0 aromatic heterocycles. The van der Waals surface area contributed by atoms with Crippen LogP contribution in [-0.2, 0) is 9.84 Å². The van der Waals surface area contributed by atoms with Crippen molar-refractivity contribution in [3.8, 4) is 0 Å². The quantitative estimate of drug-likeness (QED) is 0.724. The van der Waals surface area contributed by atoms with Crippen LogP contribution in [0.4, 0.5) is 0 Å². The van der Waals surface area contributed by atoms with Crippen molar-refractivity contribution in [3.63, 3.8) is 0 Å². The predicted molar refractivity (Wildman–Crippen MR) is 64.8 cm³/mol. The minimum atomic E-state index is -2.79. The van der Waals surface area contributed by atoms with E-state index in [1.165, 1.54) is 6.26 Å². The molecule has 0 aliphatic rings. The Labute approximate surface area is 92.0 Å². The van der Waals surface area contributed by atoms with Crippen molar-refractivity contribution < 1.29 is 8.42 Å². The van der Waals surface area contributed by atoms with Crippen LogP contribution in [0.3, 0.4) is 0 Å². The van der Waals surface area contributed by atoms with E-state index in [-0.39, 0.29) is 5.75 Å². The maximum Gasteiger partial charge on any atom is 0.148 e. The Morgan fingerprint density at radius 1 is 1.29 bits per heavy atom. The van der Waals surface area contributed by atoms with Gasteiger partial charge in [0.25, 0.3) is 0 Å². The highest BCUT2D eigenvalue weighted by Crippen LogP contribution is 2.09. The molecule has 1 unspecified atom stereocenters. The highest BCUT2D eigenvalue weighted by atomic mass is 32.2. The molecule has 0 aromatic rings. The molecule has 0 rings (SSSR count). The molecule has 0 spiro atoms. The molecule has 0 fully saturated rings. The van der Waals surface area contributed by atoms with Gasteiger partial charge in [0.05, 0.1) is 5.75 Å². The van der Waals surface area contributed by atoms with Crippen LogP contribution >= 0.6 is 11.8 Å². The molecule has 0 amide bonds. The van der Waals surface area contributed by atoms with E-state index in [2.05, 4.69) is 26.1 Å². The third kappa shape index (κ3) is 10.3. The fraction of sp³-hybridized carbons (Fsp3) is 1.00. The zero-order valence-electron chi connectivity index (χ0n) is 9.41. The second-order valence-corrected chi connectivity index (χ2v) is 7.68. The minimum Gasteiger partial charge on any atom is -0.313 e. The molecular formula is C9H21NO2S2. The first kappa shape index (κ1) is 14.3. The van der Waals surface area contributed by atoms with Crippen LogP contribution in [0.5, 0.6) is 0 Å². The largest absolute Gasteiger partial charge is 0.313 e. The Hall–Kier alpha value is 0.260. The highest BCUT2D eigenvalue weighted by Gasteiger charge is 2.06. The second-order valence-electron chi connectivity index (χ2n) is 3.87. The monoisotopic (exact) mass is 239 g/mol. The van der Waals surface area contributed by atoms with Gasteiger partial charge in [0.1, 0.15) is 9.84 Å². The van der Waals surface area contributed by atoms with Gasteiger partial charge in [0.15, 0.2) is 0 Å². The average Bonchev–Trinajstić information content (AvgIpc) is 1.98. The summed E-state index contributed by atoms with van der Waals surface area (Å²) in [5.74, 6) is 0.976. The van der Waals surface area contributed by atoms with E-state index >= 15 is 0 Å². The van der Waals surface area contributed by atoms with Crippen molar-refractivity contribution in [2.75, 3.05) is 24.3 Å². The smallest absolute Gasteiger partial charge is 0.148 e. The summed E-state index contributed by atoms with van der Waals surface area (Å²) in [6.45, 7) is 7.26. The Kier molecular flexibility index (Phi) is 6.81. The van der Waals surface area contributed by atoms with E-state index in [1.807, 2.05) is 0 Å². The van der Waals surface area contributed by atoms with E-state index < -0.39 is 9.84 Å². The van der Waals surface area contributed by atoms with Crippen LogP contribution in [0.2, 0.25) is 0 Å². The van der Waals surface area contributed by atoms with Gasteiger partial charge in [0, 0.05) is 29.8 Å². The maximum absolute atomic E-state index is 10.8. The summed E-state index contributed by atoms with van der Waals surface area (Å²) in [6, 6.07) is 0.493. The Morgan fingerprint density at radius 2 is 1.86 bits per heavy atom. The third-order valence-corrected chi connectivity index (χ3v) is 4.05. The van der Waals surface area contributed by atoms with Crippen molar-refractivity contribution in [1.29, 1.82) is 0 Å². The van der Waals surface area contributed by atoms with Gasteiger partial charge in [-0.3, -0.25) is 0 Å². The van der Waals surface area contributed by atoms with E-state index in [0.29, 0.717) is 17.0 Å². The van der Waals surface area contributed by atoms with Gasteiger partial charge in [-0.05, 0) is 0 Å². The van der Waals surface area contributed by atoms with Gasteiger partial charge in [-0.25, -0.2) is 8.42 Å². The zero-order valence-corrected chi connectivity index (χ0v) is 11.0. The van der Waals surface area contributed by atoms with Crippen molar-refractivity contribution in [3.05, 3.63) is 0 Å². The first-order valence-electron chi connectivity index (χ1n) is 4.84. The van der Waals surface area contributed by atoms with Gasteiger partial charge in [0.2, 0.25) is 0 Å². The lowest BCUT2D eigenvalue weighted by Crippen LogP contribution is -2.29. The number of sulfone groups is 1. The van der Waals surface area contributed by atoms with Gasteiger partial charge in [-0.15, -0.1) is 0 Å². The first-order valence-corrected chi connectivity index (χ1v) is 7.95. The molecule has 0 saturated carbocycles. The summed E-state index contributed by atoms with van der Waals surface area (Å²) in [5, 5.41) is 3.79. The van der Waals surface area contributed by atoms with Crippen molar-refractivity contribution in [2.24, 2.45) is 0 Å². The number of thioether (sulfide) groups is 1. The second kappa shape index (κ2) is 6.69. The molecule has 0 heterocycles. The molecule has 1 atom stereocenters. The number of hydrogen-bond donors (Lipinski definition) is 1. The predicted octanol–water partition coefficient (Wildman–Crippen LogP) is 1.15. The van der Waals surface area contributed by atoms with Gasteiger partial charge >= 0.3 is 0 Å². The molecule has 3 nitrogen and oxygen atoms in total. The van der Waals surface area contributed by atoms with Gasteiger partial charge < -0.3 is 5.32 Å². The summed E-state index contributed by atoms with van der Waals surface area (Å²) in [5.41, 5.74) is 0. The van der Waals surface area contributed by atoms with Gasteiger partial charge in [-0.1, -0.05) is 20.8 Å². The van der Waals surface area contributed by atoms with E-state index in [9.17, 15) is 8.42 Å². The van der Waals surface area contributed by atoms with E-state index in [4.69, 9.17) is 0 Å². The van der Waals surface area contributed by atoms with Crippen LogP contribution in [0.1, 0.15) is 20.8 Å². The van der Waals surface area contributed by atoms with Crippen LogP contribution < -0.4 is 5.32 Å². The molecule has 0 radical (unpaired) electrons. The van der Waals surface area contributed by atoms with Crippen molar-refractivity contribution in [2.45, 2.75) is 32.1 Å². The lowest BCUT2D eigenvalue weighted by molar-refractivity contribution is 0.589. The summed E-state index contributed by atoms with van der Waals surface area (Å²) < 4.78 is 21.7. The molecular weight excluding hydrogens is 218 g/mol. The van der Waals surface area contributed by atoms with Gasteiger partial charge in [-0.2, -0.15) is 11.8 Å². The van der Waals surface area contributed by atoms with E-state index in [0.717, 1.165) is 6.54 Å². The third-order valence-electron chi connectivity index (χ3n) is 1.67. The van der Waals surface area contributed by atoms with Crippen LogP contribution in [-0.4, -0.2) is 44.0 Å². The Bertz CT molecular complexity index is 237. The van der Waals surface area contributed by atoms with Crippen LogP contribution in [0.25, 0.3) is 0 Å². The SMILES string of the molecule is CC(C)NCC(C)SCCS(C)(=O)=O. The first-order chi connectivity index (χ1) is 6.31. The highest BCUT2D eigenvalue weighted by molar-refractivity contribution is 8.01. The molecule has 0 saturated heterocycles. The molecule has 14 heavy (non-hydrogen) atoms. The molecule has 0 aromatic carbocycles. The molecule has 0 aliphatic heterocycles. The molecule has 0 aliphatic carbocycles. The summed E-state index contributed by atoms with van der Waals surface area (Å²) in [7, 11) is -2.79.